The lowest BCUT2D eigenvalue weighted by molar-refractivity contribution is -0.184. The van der Waals surface area contributed by atoms with Gasteiger partial charge in [-0.15, -0.1) is 12.4 Å². The number of carboxylic acid groups (broad SMARTS) is 2. The number of aliphatic imine (C=N–C) groups is 3. The van der Waals surface area contributed by atoms with E-state index in [-0.39, 0.29) is 37.6 Å². The van der Waals surface area contributed by atoms with Crippen molar-refractivity contribution in [2.24, 2.45) is 35.8 Å². The predicted molar refractivity (Wildman–Crippen MR) is 491 cm³/mol. The zero-order valence-electron chi connectivity index (χ0n) is 66.8. The fraction of sp³-hybridized carbons (Fsp3) is 0.284. The second-order valence-corrected chi connectivity index (χ2v) is 41.7. The highest BCUT2D eigenvalue weighted by atomic mass is 79.9. The molecule has 120 heavy (non-hydrogen) atoms. The first-order chi connectivity index (χ1) is 56.4. The standard InChI is InChI=1S/C18H16N4O2.C11H12BrN3O2.C10H7BrN2O.C9H9BrO3.C9H7BrO2.C7H6BNO2.C7H18N2Si2.C6H5BrO.C3H5BrO2.CH5NO.ClH/c1-20-14-5-3-4-12(10-14)13-6-7-16-15(11-13)18(8-9-23-16)21-17(19)22(2)24-18;1-15-10(13)14-11(17-15)4-5-16-9-3-2-7(12)6-8(9)11;11-7-1-2-10-8(5-7)9(13-6-12)3-4-14-10;10-7-1-3-8(4-2-7)13-6-5-9(11)12;10-6-1-2-9-7(5-6)8(11)3-4-12-9;9-5-6-2-1-3-7(4-6)8(10)11;1-10(2,3)8-7-9-11(4,5)6;7-5-1-3-6(8)4-2-5;4-2-1-3(5)6;1-2-3;/h3-7,10-11H,8-9H2,2H3,(H2,19,21);2-3,6H,4-5H2,1H3,(H2,13,14);1-2,5H,3-4H2;1-4H,5-6H2,(H,11,12);1-2,5H,3-4H2;1-4,10-11H;1-6H3;1-4,8H;1-2H2,(H,5,6);2-3H,1H3;1H. The summed E-state index contributed by atoms with van der Waals surface area (Å²) in [5, 5.41) is 70.1. The topological polar surface area (TPSA) is 421 Å². The summed E-state index contributed by atoms with van der Waals surface area (Å²) in [6, 6.07) is 55.4. The molecule has 29 nitrogen and oxygen atoms in total. The van der Waals surface area contributed by atoms with Crippen LogP contribution >= 0.6 is 108 Å². The fourth-order valence-corrected chi connectivity index (χ4v) is 13.0. The number of rotatable bonds is 10. The van der Waals surface area contributed by atoms with Crippen LogP contribution in [0.2, 0.25) is 39.3 Å². The molecule has 0 saturated heterocycles. The molecule has 0 bridgehead atoms. The molecule has 636 valence electrons. The van der Waals surface area contributed by atoms with Gasteiger partial charge in [0.15, 0.2) is 27.9 Å². The van der Waals surface area contributed by atoms with Crippen LogP contribution in [0, 0.1) is 29.4 Å². The van der Waals surface area contributed by atoms with Crippen LogP contribution in [0.3, 0.4) is 0 Å². The van der Waals surface area contributed by atoms with E-state index >= 15 is 0 Å². The maximum absolute atomic E-state index is 11.3. The molecule has 6 aliphatic rings. The smallest absolute Gasteiger partial charge is 0.488 e. The number of nitrogens with one attached hydrogen (secondary N) is 1. The van der Waals surface area contributed by atoms with Crippen molar-refractivity contribution in [1.29, 1.82) is 10.5 Å². The number of nitrogens with two attached hydrogens (primary N) is 2. The Labute approximate surface area is 756 Å². The van der Waals surface area contributed by atoms with Crippen molar-refractivity contribution >= 4 is 184 Å². The molecule has 8 aromatic carbocycles. The van der Waals surface area contributed by atoms with Crippen LogP contribution in [0.1, 0.15) is 71.1 Å². The molecule has 11 N–H and O–H groups in total. The lowest BCUT2D eigenvalue weighted by Crippen LogP contribution is -2.35. The molecule has 0 aliphatic carbocycles. The number of hydroxylamine groups is 5. The normalized spacial score (nSPS) is 15.8. The number of Topliss-reactive ketones (excluding diaryl/α,β-unsaturated/α-hetero) is 1. The number of phenols is 1. The number of halogens is 7. The first kappa shape index (κ1) is 103. The number of nitrogens with zero attached hydrogens (tertiary/aromatic N) is 10. The number of aromatic hydroxyl groups is 1. The van der Waals surface area contributed by atoms with Crippen molar-refractivity contribution in [2.45, 2.75) is 89.3 Å². The highest BCUT2D eigenvalue weighted by Gasteiger charge is 2.47. The van der Waals surface area contributed by atoms with Gasteiger partial charge >= 0.3 is 19.1 Å². The Balaban J connectivity index is 0.000000289. The van der Waals surface area contributed by atoms with E-state index in [1.807, 2.05) is 109 Å². The van der Waals surface area contributed by atoms with Gasteiger partial charge in [0.05, 0.1) is 92.5 Å². The molecule has 39 heteroatoms. The van der Waals surface area contributed by atoms with Gasteiger partial charge in [0, 0.05) is 80.1 Å². The number of phenolic OH excluding ortho intramolecular Hbond substituents is 1. The summed E-state index contributed by atoms with van der Waals surface area (Å²) in [5.41, 5.74) is 19.4. The number of ketones is 1. The highest BCUT2D eigenvalue weighted by Crippen LogP contribution is 2.47. The SMILES string of the molecule is CN1OC2(CCOc3ccc(Br)cc32)N=C1N.CNO.C[Si](C)(C)N=C=N[Si](C)(C)C.Cl.N#CN=C1CCOc2ccc(Br)cc21.N#Cc1cccc(B(O)O)c1.O=C(O)CCBr.O=C(O)CCOc1ccc(Br)cc1.O=C1CCOc2ccc(Br)cc21.Oc1ccc(Br)cc1.[C-]#[N+]c1cccc(-c2ccc3c(c2)C2(CCO3)N=C(N)N(C)O2)c1. The summed E-state index contributed by atoms with van der Waals surface area (Å²) in [6.45, 7) is 22.7. The average molecular weight is 2080 g/mol. The van der Waals surface area contributed by atoms with Gasteiger partial charge in [-0.25, -0.2) is 40.1 Å². The maximum Gasteiger partial charge on any atom is 0.488 e. The first-order valence-corrected chi connectivity index (χ1v) is 48.2. The second kappa shape index (κ2) is 51.4. The lowest BCUT2D eigenvalue weighted by atomic mass is 9.80. The summed E-state index contributed by atoms with van der Waals surface area (Å²) in [6.07, 6.45) is 4.48. The van der Waals surface area contributed by atoms with Crippen LogP contribution in [-0.2, 0) is 30.7 Å². The maximum atomic E-state index is 11.3. The minimum Gasteiger partial charge on any atom is -0.508 e. The monoisotopic (exact) mass is 2080 g/mol. The van der Waals surface area contributed by atoms with E-state index in [1.165, 1.54) is 23.2 Å². The Kier molecular flexibility index (Phi) is 44.1. The molecule has 2 spiro atoms. The van der Waals surface area contributed by atoms with E-state index < -0.39 is 47.0 Å². The first-order valence-electron chi connectivity index (χ1n) is 36.2. The van der Waals surface area contributed by atoms with Crippen molar-refractivity contribution < 1.29 is 78.3 Å². The minimum absolute atomic E-state index is 0. The Hall–Kier alpha value is -9.34. The van der Waals surface area contributed by atoms with E-state index in [1.54, 1.807) is 86.3 Å². The molecule has 2 unspecified atom stereocenters. The number of hydrogen-bond acceptors (Lipinski definition) is 26. The van der Waals surface area contributed by atoms with Gasteiger partial charge in [-0.2, -0.15) is 15.5 Å². The average Bonchev–Trinajstić information content (AvgIpc) is 1.58. The Bertz CT molecular complexity index is 5000. The Morgan fingerprint density at radius 3 is 1.56 bits per heavy atom. The van der Waals surface area contributed by atoms with Crippen LogP contribution in [0.15, 0.2) is 217 Å². The third-order valence-electron chi connectivity index (χ3n) is 15.8. The molecule has 8 aromatic rings. The number of nitriles is 2. The van der Waals surface area contributed by atoms with Gasteiger partial charge in [-0.1, -0.05) is 132 Å². The minimum atomic E-state index is -1.50. The second-order valence-electron chi connectivity index (χ2n) is 27.2. The quantitative estimate of drug-likeness (QED) is 0.0153. The van der Waals surface area contributed by atoms with Crippen LogP contribution in [-0.4, -0.2) is 165 Å². The summed E-state index contributed by atoms with van der Waals surface area (Å²) in [7, 11) is 0.797. The molecule has 0 aromatic heterocycles. The molecule has 0 saturated carbocycles. The van der Waals surface area contributed by atoms with E-state index in [4.69, 9.17) is 92.5 Å². The Morgan fingerprint density at radius 1 is 0.633 bits per heavy atom. The predicted octanol–water partition coefficient (Wildman–Crippen LogP) is 16.9. The lowest BCUT2D eigenvalue weighted by Gasteiger charge is -2.32. The number of alkyl halides is 1. The van der Waals surface area contributed by atoms with E-state index in [9.17, 15) is 14.4 Å². The van der Waals surface area contributed by atoms with Gasteiger partial charge < -0.3 is 65.7 Å². The van der Waals surface area contributed by atoms with Crippen molar-refractivity contribution in [3.8, 4) is 57.9 Å². The number of benzene rings is 8. The van der Waals surface area contributed by atoms with Crippen LogP contribution < -0.4 is 46.1 Å². The molecule has 0 radical (unpaired) electrons. The van der Waals surface area contributed by atoms with Gasteiger partial charge in [-0.05, 0) is 189 Å². The largest absolute Gasteiger partial charge is 0.508 e. The van der Waals surface area contributed by atoms with E-state index in [2.05, 4.69) is 170 Å². The number of ether oxygens (including phenoxy) is 5. The summed E-state index contributed by atoms with van der Waals surface area (Å²) < 4.78 is 40.7. The molecular weight excluding hydrogens is 1990 g/mol. The third-order valence-corrected chi connectivity index (χ3v) is 20.2. The number of fused-ring (bicyclic) bond motifs is 6. The van der Waals surface area contributed by atoms with Crippen molar-refractivity contribution in [1.82, 2.24) is 15.6 Å². The molecule has 6 heterocycles. The molecule has 0 amide bonds. The van der Waals surface area contributed by atoms with Gasteiger partial charge in [0.1, 0.15) is 34.5 Å². The van der Waals surface area contributed by atoms with Gasteiger partial charge in [0.25, 0.3) is 0 Å². The molecule has 2 atom stereocenters. The zero-order valence-corrected chi connectivity index (χ0v) is 79.1. The highest BCUT2D eigenvalue weighted by molar-refractivity contribution is 9.11. The summed E-state index contributed by atoms with van der Waals surface area (Å²) in [4.78, 5) is 59.0. The summed E-state index contributed by atoms with van der Waals surface area (Å²) >= 11 is 19.6. The van der Waals surface area contributed by atoms with Gasteiger partial charge in [-0.3, -0.25) is 23.7 Å². The number of carboxylic acids is 2. The molecule has 14 rings (SSSR count). The number of guanidine groups is 2. The van der Waals surface area contributed by atoms with Crippen LogP contribution in [0.5, 0.6) is 34.5 Å². The van der Waals surface area contributed by atoms with E-state index in [0.29, 0.717) is 109 Å². The van der Waals surface area contributed by atoms with Crippen molar-refractivity contribution in [3.05, 3.63) is 231 Å². The van der Waals surface area contributed by atoms with Crippen molar-refractivity contribution in [3.63, 3.8) is 0 Å². The third kappa shape index (κ3) is 35.4. The molecule has 6 aliphatic heterocycles. The Morgan fingerprint density at radius 2 is 1.09 bits per heavy atom. The summed E-state index contributed by atoms with van der Waals surface area (Å²) in [5.74, 6) is 3.33. The number of carbonyl (C=O) groups excluding carboxylic acids is 1. The zero-order chi connectivity index (χ0) is 88.0. The van der Waals surface area contributed by atoms with E-state index in [0.717, 1.165) is 73.1 Å². The van der Waals surface area contributed by atoms with Crippen LogP contribution in [0.4, 0.5) is 5.69 Å². The van der Waals surface area contributed by atoms with Gasteiger partial charge in [0.2, 0.25) is 29.6 Å². The van der Waals surface area contributed by atoms with Crippen molar-refractivity contribution in [2.75, 3.05) is 59.5 Å². The number of hydrogen-bond donors (Lipinski definition) is 9. The molecular formula is C81H91BBr6ClN13O16Si2. The number of carbonyl (C=O) groups is 3. The number of aliphatic carboxylic acids is 2. The van der Waals surface area contributed by atoms with Crippen LogP contribution in [0.25, 0.3) is 16.0 Å². The fourth-order valence-electron chi connectivity index (χ4n) is 10.3. The molecule has 0 fully saturated rings.